The Bertz CT molecular complexity index is 583. The highest BCUT2D eigenvalue weighted by Gasteiger charge is 2.29. The first-order valence-electron chi connectivity index (χ1n) is 7.04. The lowest BCUT2D eigenvalue weighted by molar-refractivity contribution is 0.279. The van der Waals surface area contributed by atoms with Gasteiger partial charge in [0.05, 0.1) is 22.3 Å². The largest absolute Gasteiger partial charge is 0.299 e. The van der Waals surface area contributed by atoms with Gasteiger partial charge in [0, 0.05) is 12.6 Å². The van der Waals surface area contributed by atoms with Gasteiger partial charge in [-0.1, -0.05) is 6.92 Å². The minimum Gasteiger partial charge on any atom is -0.299 e. The quantitative estimate of drug-likeness (QED) is 0.773. The van der Waals surface area contributed by atoms with Crippen LogP contribution in [0.25, 0.3) is 0 Å². The Morgan fingerprint density at radius 1 is 1.25 bits per heavy atom. The van der Waals surface area contributed by atoms with Crippen molar-refractivity contribution >= 4 is 9.84 Å². The van der Waals surface area contributed by atoms with Crippen LogP contribution in [0.5, 0.6) is 0 Å². The van der Waals surface area contributed by atoms with Crippen molar-refractivity contribution in [2.75, 3.05) is 18.8 Å². The van der Waals surface area contributed by atoms with Crippen LogP contribution in [0.3, 0.4) is 0 Å². The van der Waals surface area contributed by atoms with E-state index in [0.29, 0.717) is 23.0 Å². The summed E-state index contributed by atoms with van der Waals surface area (Å²) in [7, 11) is -3.26. The second kappa shape index (κ2) is 6.38. The van der Waals surface area contributed by atoms with Crippen LogP contribution in [0.1, 0.15) is 31.7 Å². The number of benzene rings is 1. The summed E-state index contributed by atoms with van der Waals surface area (Å²) in [6, 6.07) is 8.73. The predicted molar refractivity (Wildman–Crippen MR) is 78.1 cm³/mol. The van der Waals surface area contributed by atoms with Gasteiger partial charge in [-0.25, -0.2) is 8.42 Å². The summed E-state index contributed by atoms with van der Waals surface area (Å²) >= 11 is 0. The molecular weight excluding hydrogens is 272 g/mol. The molecule has 1 aliphatic carbocycles. The van der Waals surface area contributed by atoms with Crippen molar-refractivity contribution in [1.29, 1.82) is 5.26 Å². The van der Waals surface area contributed by atoms with Crippen LogP contribution in [-0.4, -0.2) is 38.2 Å². The predicted octanol–water partition coefficient (Wildman–Crippen LogP) is 2.21. The van der Waals surface area contributed by atoms with E-state index in [0.717, 1.165) is 13.0 Å². The molecule has 0 heterocycles. The number of nitrogens with zero attached hydrogens (tertiary/aromatic N) is 2. The van der Waals surface area contributed by atoms with Crippen molar-refractivity contribution in [2.24, 2.45) is 0 Å². The SMILES string of the molecule is CCCN(CCS(=O)(=O)c1ccc(C#N)cc1)C1CC1. The number of hydrogen-bond acceptors (Lipinski definition) is 4. The normalized spacial score (nSPS) is 15.2. The van der Waals surface area contributed by atoms with Gasteiger partial charge >= 0.3 is 0 Å². The minimum atomic E-state index is -3.26. The summed E-state index contributed by atoms with van der Waals surface area (Å²) in [5.74, 6) is 0.148. The first-order chi connectivity index (χ1) is 9.56. The maximum absolute atomic E-state index is 12.3. The topological polar surface area (TPSA) is 61.2 Å². The first kappa shape index (κ1) is 15.0. The molecule has 0 amide bonds. The zero-order valence-corrected chi connectivity index (χ0v) is 12.6. The van der Waals surface area contributed by atoms with Crippen molar-refractivity contribution in [3.8, 4) is 6.07 Å². The summed E-state index contributed by atoms with van der Waals surface area (Å²) in [5, 5.41) is 8.73. The molecule has 4 nitrogen and oxygen atoms in total. The molecule has 0 atom stereocenters. The van der Waals surface area contributed by atoms with Gasteiger partial charge in [0.15, 0.2) is 9.84 Å². The fraction of sp³-hybridized carbons (Fsp3) is 0.533. The summed E-state index contributed by atoms with van der Waals surface area (Å²) < 4.78 is 24.5. The Morgan fingerprint density at radius 3 is 2.40 bits per heavy atom. The summed E-state index contributed by atoms with van der Waals surface area (Å²) in [5.41, 5.74) is 0.481. The number of rotatable bonds is 7. The van der Waals surface area contributed by atoms with E-state index < -0.39 is 9.84 Å². The van der Waals surface area contributed by atoms with Gasteiger partial charge in [-0.2, -0.15) is 5.26 Å². The van der Waals surface area contributed by atoms with Crippen molar-refractivity contribution in [3.63, 3.8) is 0 Å². The Balaban J connectivity index is 2.00. The molecule has 20 heavy (non-hydrogen) atoms. The molecule has 0 bridgehead atoms. The Hall–Kier alpha value is -1.38. The van der Waals surface area contributed by atoms with E-state index in [4.69, 9.17) is 5.26 Å². The summed E-state index contributed by atoms with van der Waals surface area (Å²) in [4.78, 5) is 2.59. The summed E-state index contributed by atoms with van der Waals surface area (Å²) in [6.07, 6.45) is 3.43. The summed E-state index contributed by atoms with van der Waals surface area (Å²) in [6.45, 7) is 3.68. The molecule has 0 saturated heterocycles. The van der Waals surface area contributed by atoms with Crippen molar-refractivity contribution in [2.45, 2.75) is 37.1 Å². The van der Waals surface area contributed by atoms with Crippen LogP contribution in [0.2, 0.25) is 0 Å². The average Bonchev–Trinajstić information content (AvgIpc) is 3.28. The number of sulfone groups is 1. The van der Waals surface area contributed by atoms with Crippen LogP contribution in [0.4, 0.5) is 0 Å². The van der Waals surface area contributed by atoms with Crippen molar-refractivity contribution in [3.05, 3.63) is 29.8 Å². The van der Waals surface area contributed by atoms with Gasteiger partial charge in [0.25, 0.3) is 0 Å². The third kappa shape index (κ3) is 3.81. The average molecular weight is 292 g/mol. The number of nitriles is 1. The van der Waals surface area contributed by atoms with E-state index in [9.17, 15) is 8.42 Å². The second-order valence-electron chi connectivity index (χ2n) is 5.22. The Morgan fingerprint density at radius 2 is 1.90 bits per heavy atom. The molecule has 5 heteroatoms. The molecule has 0 spiro atoms. The van der Waals surface area contributed by atoms with E-state index >= 15 is 0 Å². The van der Waals surface area contributed by atoms with Crippen LogP contribution in [-0.2, 0) is 9.84 Å². The van der Waals surface area contributed by atoms with Crippen LogP contribution >= 0.6 is 0 Å². The van der Waals surface area contributed by atoms with Gasteiger partial charge in [0.2, 0.25) is 0 Å². The molecular formula is C15H20N2O2S. The lowest BCUT2D eigenvalue weighted by atomic mass is 10.2. The van der Waals surface area contributed by atoms with E-state index in [1.54, 1.807) is 12.1 Å². The lowest BCUT2D eigenvalue weighted by Gasteiger charge is -2.20. The molecule has 0 aromatic heterocycles. The molecule has 0 N–H and O–H groups in total. The molecule has 1 fully saturated rings. The standard InChI is InChI=1S/C15H20N2O2S/c1-2-9-17(14-5-6-14)10-11-20(18,19)15-7-3-13(12-16)4-8-15/h3-4,7-8,14H,2,5-6,9-11H2,1H3. The van der Waals surface area contributed by atoms with Gasteiger partial charge in [-0.15, -0.1) is 0 Å². The maximum Gasteiger partial charge on any atom is 0.179 e. The van der Waals surface area contributed by atoms with Gasteiger partial charge in [0.1, 0.15) is 0 Å². The van der Waals surface area contributed by atoms with Crippen LogP contribution < -0.4 is 0 Å². The zero-order chi connectivity index (χ0) is 14.6. The van der Waals surface area contributed by atoms with E-state index in [1.807, 2.05) is 6.07 Å². The zero-order valence-electron chi connectivity index (χ0n) is 11.7. The monoisotopic (exact) mass is 292 g/mol. The van der Waals surface area contributed by atoms with Crippen LogP contribution in [0.15, 0.2) is 29.2 Å². The van der Waals surface area contributed by atoms with Crippen LogP contribution in [0, 0.1) is 11.3 Å². The molecule has 0 unspecified atom stereocenters. The maximum atomic E-state index is 12.3. The minimum absolute atomic E-state index is 0.148. The Kier molecular flexibility index (Phi) is 4.79. The van der Waals surface area contributed by atoms with Gasteiger partial charge in [-0.3, -0.25) is 4.90 Å². The lowest BCUT2D eigenvalue weighted by Crippen LogP contribution is -2.32. The Labute approximate surface area is 120 Å². The van der Waals surface area contributed by atoms with E-state index in [-0.39, 0.29) is 5.75 Å². The smallest absolute Gasteiger partial charge is 0.179 e. The fourth-order valence-electron chi connectivity index (χ4n) is 2.30. The third-order valence-electron chi connectivity index (χ3n) is 3.56. The van der Waals surface area contributed by atoms with E-state index in [2.05, 4.69) is 11.8 Å². The van der Waals surface area contributed by atoms with Crippen molar-refractivity contribution in [1.82, 2.24) is 4.90 Å². The van der Waals surface area contributed by atoms with Gasteiger partial charge in [-0.05, 0) is 50.1 Å². The molecule has 1 aromatic carbocycles. The second-order valence-corrected chi connectivity index (χ2v) is 7.33. The van der Waals surface area contributed by atoms with Crippen molar-refractivity contribution < 1.29 is 8.42 Å². The highest BCUT2D eigenvalue weighted by atomic mass is 32.2. The fourth-order valence-corrected chi connectivity index (χ4v) is 3.56. The highest BCUT2D eigenvalue weighted by Crippen LogP contribution is 2.27. The molecule has 2 rings (SSSR count). The highest BCUT2D eigenvalue weighted by molar-refractivity contribution is 7.91. The third-order valence-corrected chi connectivity index (χ3v) is 5.27. The van der Waals surface area contributed by atoms with Gasteiger partial charge < -0.3 is 0 Å². The molecule has 1 saturated carbocycles. The molecule has 0 radical (unpaired) electrons. The molecule has 0 aliphatic heterocycles. The molecule has 1 aromatic rings. The molecule has 108 valence electrons. The van der Waals surface area contributed by atoms with E-state index in [1.165, 1.54) is 25.0 Å². The molecule has 1 aliphatic rings. The first-order valence-corrected chi connectivity index (χ1v) is 8.69. The number of hydrogen-bond donors (Lipinski definition) is 0.